The van der Waals surface area contributed by atoms with Crippen LogP contribution in [0.15, 0.2) is 24.3 Å². The lowest BCUT2D eigenvalue weighted by atomic mass is 9.93. The minimum Gasteiger partial charge on any atom is -0.508 e. The molecule has 0 saturated carbocycles. The number of hydrogen-bond donors (Lipinski definition) is 3. The highest BCUT2D eigenvalue weighted by molar-refractivity contribution is 6.37. The molecule has 0 spiro atoms. The van der Waals surface area contributed by atoms with Gasteiger partial charge in [0.15, 0.2) is 0 Å². The zero-order valence-corrected chi connectivity index (χ0v) is 16.1. The molecule has 5 nitrogen and oxygen atoms in total. The van der Waals surface area contributed by atoms with Crippen LogP contribution in [0.5, 0.6) is 5.75 Å². The second-order valence-corrected chi connectivity index (χ2v) is 7.59. The number of rotatable bonds is 4. The lowest BCUT2D eigenvalue weighted by Crippen LogP contribution is -2.22. The van der Waals surface area contributed by atoms with Crippen LogP contribution in [0.2, 0.25) is 5.02 Å². The molecule has 0 radical (unpaired) electrons. The first-order chi connectivity index (χ1) is 12.8. The lowest BCUT2D eigenvalue weighted by Gasteiger charge is -2.17. The molecule has 142 valence electrons. The fourth-order valence-corrected chi connectivity index (χ4v) is 3.97. The number of amides is 1. The number of carbonyl (C=O) groups is 2. The minimum atomic E-state index is -1.52. The number of fused-ring (bicyclic) bond motifs is 1. The van der Waals surface area contributed by atoms with Crippen LogP contribution < -0.4 is 5.32 Å². The molecule has 0 aliphatic heterocycles. The second-order valence-electron chi connectivity index (χ2n) is 7.18. The van der Waals surface area contributed by atoms with Crippen LogP contribution in [0.25, 0.3) is 0 Å². The van der Waals surface area contributed by atoms with Gasteiger partial charge in [-0.2, -0.15) is 0 Å². The topological polar surface area (TPSA) is 86.6 Å². The molecule has 2 aromatic carbocycles. The molecule has 27 heavy (non-hydrogen) atoms. The van der Waals surface area contributed by atoms with E-state index in [9.17, 15) is 14.7 Å². The summed E-state index contributed by atoms with van der Waals surface area (Å²) in [6, 6.07) is 7.24. The van der Waals surface area contributed by atoms with Gasteiger partial charge >= 0.3 is 11.9 Å². The summed E-state index contributed by atoms with van der Waals surface area (Å²) in [6.45, 7) is 4.06. The molecule has 6 heteroatoms. The van der Waals surface area contributed by atoms with Crippen molar-refractivity contribution < 1.29 is 19.8 Å². The largest absolute Gasteiger partial charge is 0.508 e. The number of carbonyl (C=O) groups excluding carboxylic acids is 1. The van der Waals surface area contributed by atoms with Crippen molar-refractivity contribution in [2.45, 2.75) is 45.4 Å². The van der Waals surface area contributed by atoms with Gasteiger partial charge < -0.3 is 15.5 Å². The molecule has 3 N–H and O–H groups in total. The molecular weight excluding hydrogens is 366 g/mol. The molecular formula is C21H22ClNO4. The Morgan fingerprint density at radius 2 is 1.89 bits per heavy atom. The number of carboxylic acid groups (broad SMARTS) is 1. The lowest BCUT2D eigenvalue weighted by molar-refractivity contribution is -0.147. The summed E-state index contributed by atoms with van der Waals surface area (Å²) in [5.41, 5.74) is 5.48. The van der Waals surface area contributed by atoms with Crippen LogP contribution in [0.4, 0.5) is 5.69 Å². The van der Waals surface area contributed by atoms with E-state index in [2.05, 4.69) is 5.32 Å². The predicted molar refractivity (Wildman–Crippen MR) is 105 cm³/mol. The van der Waals surface area contributed by atoms with E-state index in [1.54, 1.807) is 12.1 Å². The monoisotopic (exact) mass is 387 g/mol. The van der Waals surface area contributed by atoms with E-state index in [1.165, 1.54) is 0 Å². The van der Waals surface area contributed by atoms with Crippen molar-refractivity contribution >= 4 is 29.2 Å². The first-order valence-electron chi connectivity index (χ1n) is 8.97. The Morgan fingerprint density at radius 1 is 1.19 bits per heavy atom. The third-order valence-corrected chi connectivity index (χ3v) is 5.34. The highest BCUT2D eigenvalue weighted by atomic mass is 35.5. The van der Waals surface area contributed by atoms with Crippen LogP contribution in [-0.2, 0) is 28.9 Å². The maximum atomic E-state index is 11.6. The van der Waals surface area contributed by atoms with E-state index in [4.69, 9.17) is 16.7 Å². The number of carboxylic acids is 1. The zero-order chi connectivity index (χ0) is 19.7. The molecule has 2 aromatic rings. The van der Waals surface area contributed by atoms with E-state index in [0.717, 1.165) is 47.1 Å². The van der Waals surface area contributed by atoms with Crippen molar-refractivity contribution in [2.75, 3.05) is 5.32 Å². The van der Waals surface area contributed by atoms with Gasteiger partial charge in [-0.1, -0.05) is 37.6 Å². The normalized spacial score (nSPS) is 12.9. The molecule has 0 heterocycles. The van der Waals surface area contributed by atoms with Crippen molar-refractivity contribution in [3.05, 3.63) is 57.1 Å². The zero-order valence-electron chi connectivity index (χ0n) is 15.3. The van der Waals surface area contributed by atoms with Gasteiger partial charge in [0.1, 0.15) is 5.75 Å². The molecule has 0 atom stereocenters. The van der Waals surface area contributed by atoms with Crippen LogP contribution in [0, 0.1) is 0 Å². The number of halogens is 1. The Bertz CT molecular complexity index is 921. The third kappa shape index (κ3) is 3.93. The first-order valence-corrected chi connectivity index (χ1v) is 9.35. The first kappa shape index (κ1) is 19.2. The highest BCUT2D eigenvalue weighted by Gasteiger charge is 2.24. The molecule has 1 aliphatic carbocycles. The minimum absolute atomic E-state index is 0.208. The van der Waals surface area contributed by atoms with Gasteiger partial charge in [0.2, 0.25) is 0 Å². The number of aromatic hydroxyl groups is 1. The summed E-state index contributed by atoms with van der Waals surface area (Å²) in [6.07, 6.45) is 3.18. The van der Waals surface area contributed by atoms with Crippen molar-refractivity contribution in [2.24, 2.45) is 0 Å². The molecule has 0 fully saturated rings. The summed E-state index contributed by atoms with van der Waals surface area (Å²) < 4.78 is 0. The fraction of sp³-hybridized carbons (Fsp3) is 0.333. The van der Waals surface area contributed by atoms with Gasteiger partial charge in [-0.05, 0) is 71.6 Å². The Morgan fingerprint density at radius 3 is 2.56 bits per heavy atom. The van der Waals surface area contributed by atoms with Crippen molar-refractivity contribution in [1.29, 1.82) is 0 Å². The van der Waals surface area contributed by atoms with Crippen molar-refractivity contribution in [3.8, 4) is 5.75 Å². The smallest absolute Gasteiger partial charge is 0.394 e. The van der Waals surface area contributed by atoms with Crippen molar-refractivity contribution in [3.63, 3.8) is 0 Å². The summed E-state index contributed by atoms with van der Waals surface area (Å²) in [5.74, 6) is -2.09. The SMILES string of the molecule is CC(C)c1cc(Cc2c(Cl)cc(NC(=O)C(=O)O)c3c2CCC3)ccc1O. The average molecular weight is 388 g/mol. The Hall–Kier alpha value is -2.53. The van der Waals surface area contributed by atoms with E-state index in [1.807, 2.05) is 26.0 Å². The van der Waals surface area contributed by atoms with E-state index >= 15 is 0 Å². The Labute approximate surface area is 163 Å². The van der Waals surface area contributed by atoms with Gasteiger partial charge in [0.05, 0.1) is 0 Å². The average Bonchev–Trinajstić information content (AvgIpc) is 3.09. The van der Waals surface area contributed by atoms with Gasteiger partial charge in [-0.15, -0.1) is 0 Å². The highest BCUT2D eigenvalue weighted by Crippen LogP contribution is 2.38. The Balaban J connectivity index is 1.98. The molecule has 0 bridgehead atoms. The number of aliphatic carboxylic acids is 1. The van der Waals surface area contributed by atoms with E-state index in [0.29, 0.717) is 17.1 Å². The van der Waals surface area contributed by atoms with Crippen LogP contribution in [0.3, 0.4) is 0 Å². The number of benzene rings is 2. The predicted octanol–water partition coefficient (Wildman–Crippen LogP) is 4.27. The standard InChI is InChI=1S/C21H22ClNO4/c1-11(2)15-8-12(6-7-19(15)24)9-16-13-4-3-5-14(13)18(10-17(16)22)23-20(25)21(26)27/h6-8,10-11,24H,3-5,9H2,1-2H3,(H,23,25)(H,26,27). The second kappa shape index (κ2) is 7.61. The Kier molecular flexibility index (Phi) is 5.42. The fourth-order valence-electron chi connectivity index (χ4n) is 3.68. The number of phenols is 1. The van der Waals surface area contributed by atoms with E-state index in [-0.39, 0.29) is 11.7 Å². The number of phenolic OH excluding ortho intramolecular Hbond substituents is 1. The van der Waals surface area contributed by atoms with Crippen molar-refractivity contribution in [1.82, 2.24) is 0 Å². The van der Waals surface area contributed by atoms with Gasteiger partial charge in [0, 0.05) is 10.7 Å². The maximum absolute atomic E-state index is 11.6. The quantitative estimate of drug-likeness (QED) is 0.683. The third-order valence-electron chi connectivity index (χ3n) is 5.00. The van der Waals surface area contributed by atoms with Gasteiger partial charge in [-0.25, -0.2) is 4.79 Å². The van der Waals surface area contributed by atoms with E-state index < -0.39 is 11.9 Å². The molecule has 0 aromatic heterocycles. The van der Waals surface area contributed by atoms with Crippen LogP contribution >= 0.6 is 11.6 Å². The van der Waals surface area contributed by atoms with Crippen LogP contribution in [-0.4, -0.2) is 22.1 Å². The molecule has 0 saturated heterocycles. The molecule has 3 rings (SSSR count). The molecule has 1 aliphatic rings. The molecule has 0 unspecified atom stereocenters. The molecule has 1 amide bonds. The number of nitrogens with one attached hydrogen (secondary N) is 1. The summed E-state index contributed by atoms with van der Waals surface area (Å²) in [7, 11) is 0. The summed E-state index contributed by atoms with van der Waals surface area (Å²) >= 11 is 6.51. The van der Waals surface area contributed by atoms with Crippen LogP contribution in [0.1, 0.15) is 54.0 Å². The van der Waals surface area contributed by atoms with Gasteiger partial charge in [-0.3, -0.25) is 4.79 Å². The number of hydrogen-bond acceptors (Lipinski definition) is 3. The number of anilines is 1. The maximum Gasteiger partial charge on any atom is 0.394 e. The summed E-state index contributed by atoms with van der Waals surface area (Å²) in [5, 5.41) is 21.8. The summed E-state index contributed by atoms with van der Waals surface area (Å²) in [4.78, 5) is 22.4. The van der Waals surface area contributed by atoms with Gasteiger partial charge in [0.25, 0.3) is 0 Å².